The van der Waals surface area contributed by atoms with E-state index in [1.54, 1.807) is 0 Å². The van der Waals surface area contributed by atoms with Crippen LogP contribution in [0.3, 0.4) is 0 Å². The molecule has 0 radical (unpaired) electrons. The number of rotatable bonds is 1. The number of alkyl halides is 3. The normalized spacial score (nSPS) is 10.9. The summed E-state index contributed by atoms with van der Waals surface area (Å²) in [5.74, 6) is -0.572. The van der Waals surface area contributed by atoms with Crippen molar-refractivity contribution < 1.29 is 9.18 Å². The maximum atomic E-state index is 12.7. The van der Waals surface area contributed by atoms with E-state index >= 15 is 0 Å². The smallest absolute Gasteiger partial charge is 0.211 e. The molecular formula is C8H3Cl3FNO. The number of hydrogen-bond donors (Lipinski definition) is 0. The third-order valence-corrected chi connectivity index (χ3v) is 2.04. The van der Waals surface area contributed by atoms with Crippen molar-refractivity contribution in [3.8, 4) is 0 Å². The Morgan fingerprint density at radius 3 is 2.50 bits per heavy atom. The molecule has 0 atom stereocenters. The number of benzene rings is 1. The first-order valence-electron chi connectivity index (χ1n) is 3.40. The average molecular weight is 254 g/mol. The van der Waals surface area contributed by atoms with E-state index in [0.717, 1.165) is 12.1 Å². The summed E-state index contributed by atoms with van der Waals surface area (Å²) in [6.45, 7) is 0. The molecule has 0 aromatic heterocycles. The fraction of sp³-hybridized carbons (Fsp3) is 0.125. The maximum absolute atomic E-state index is 12.7. The van der Waals surface area contributed by atoms with Crippen LogP contribution in [0.25, 0.3) is 0 Å². The zero-order chi connectivity index (χ0) is 10.8. The molecule has 0 saturated heterocycles. The SMILES string of the molecule is O=C=Nc1cc(F)ccc1C(Cl)(Cl)Cl. The van der Waals surface area contributed by atoms with Crippen molar-refractivity contribution >= 4 is 46.6 Å². The van der Waals surface area contributed by atoms with Crippen molar-refractivity contribution in [2.24, 2.45) is 4.99 Å². The van der Waals surface area contributed by atoms with Gasteiger partial charge in [0.05, 0.1) is 5.69 Å². The molecule has 0 saturated carbocycles. The van der Waals surface area contributed by atoms with Crippen molar-refractivity contribution in [1.82, 2.24) is 0 Å². The molecule has 1 aromatic rings. The molecule has 0 spiro atoms. The minimum absolute atomic E-state index is 0.0417. The Labute approximate surface area is 94.3 Å². The highest BCUT2D eigenvalue weighted by atomic mass is 35.6. The van der Waals surface area contributed by atoms with Crippen LogP contribution in [0, 0.1) is 5.82 Å². The lowest BCUT2D eigenvalue weighted by Crippen LogP contribution is -2.00. The topological polar surface area (TPSA) is 29.4 Å². The van der Waals surface area contributed by atoms with Crippen molar-refractivity contribution in [2.75, 3.05) is 0 Å². The third kappa shape index (κ3) is 2.69. The van der Waals surface area contributed by atoms with Crippen LogP contribution in [0.5, 0.6) is 0 Å². The molecular weight excluding hydrogens is 251 g/mol. The zero-order valence-corrected chi connectivity index (χ0v) is 8.87. The van der Waals surface area contributed by atoms with Crippen LogP contribution in [-0.4, -0.2) is 6.08 Å². The molecule has 1 aromatic carbocycles. The summed E-state index contributed by atoms with van der Waals surface area (Å²) in [7, 11) is 0. The summed E-state index contributed by atoms with van der Waals surface area (Å²) >= 11 is 16.7. The molecule has 2 nitrogen and oxygen atoms in total. The second-order valence-electron chi connectivity index (χ2n) is 2.36. The first-order chi connectivity index (χ1) is 6.45. The van der Waals surface area contributed by atoms with Crippen LogP contribution in [0.2, 0.25) is 0 Å². The average Bonchev–Trinajstić information content (AvgIpc) is 2.02. The van der Waals surface area contributed by atoms with E-state index in [1.165, 1.54) is 12.1 Å². The Morgan fingerprint density at radius 1 is 1.36 bits per heavy atom. The van der Waals surface area contributed by atoms with E-state index in [1.807, 2.05) is 0 Å². The second-order valence-corrected chi connectivity index (χ2v) is 4.64. The van der Waals surface area contributed by atoms with Gasteiger partial charge >= 0.3 is 0 Å². The van der Waals surface area contributed by atoms with Crippen LogP contribution in [0.4, 0.5) is 10.1 Å². The minimum atomic E-state index is -1.75. The highest BCUT2D eigenvalue weighted by molar-refractivity contribution is 6.67. The van der Waals surface area contributed by atoms with Crippen LogP contribution < -0.4 is 0 Å². The molecule has 74 valence electrons. The van der Waals surface area contributed by atoms with Gasteiger partial charge in [-0.2, -0.15) is 4.99 Å². The Balaban J connectivity index is 3.36. The Kier molecular flexibility index (Phi) is 3.51. The lowest BCUT2D eigenvalue weighted by molar-refractivity contribution is 0.565. The molecule has 6 heteroatoms. The number of isocyanates is 1. The van der Waals surface area contributed by atoms with Crippen molar-refractivity contribution in [1.29, 1.82) is 0 Å². The first kappa shape index (κ1) is 11.5. The second kappa shape index (κ2) is 4.28. The first-order valence-corrected chi connectivity index (χ1v) is 4.53. The van der Waals surface area contributed by atoms with Crippen molar-refractivity contribution in [2.45, 2.75) is 3.79 Å². The minimum Gasteiger partial charge on any atom is -0.211 e. The molecule has 14 heavy (non-hydrogen) atoms. The number of aliphatic imine (C=N–C) groups is 1. The number of hydrogen-bond acceptors (Lipinski definition) is 2. The Hall–Kier alpha value is -0.600. The summed E-state index contributed by atoms with van der Waals surface area (Å²) in [5, 5.41) is 0. The van der Waals surface area contributed by atoms with Crippen LogP contribution >= 0.6 is 34.8 Å². The van der Waals surface area contributed by atoms with Gasteiger partial charge in [-0.05, 0) is 12.1 Å². The summed E-state index contributed by atoms with van der Waals surface area (Å²) < 4.78 is 11.0. The van der Waals surface area contributed by atoms with Gasteiger partial charge in [-0.15, -0.1) is 0 Å². The molecule has 0 N–H and O–H groups in total. The van der Waals surface area contributed by atoms with Gasteiger partial charge in [-0.3, -0.25) is 0 Å². The van der Waals surface area contributed by atoms with E-state index in [9.17, 15) is 9.18 Å². The fourth-order valence-corrected chi connectivity index (χ4v) is 1.37. The lowest BCUT2D eigenvalue weighted by atomic mass is 10.2. The molecule has 1 rings (SSSR count). The molecule has 0 fully saturated rings. The molecule has 0 unspecified atom stereocenters. The van der Waals surface area contributed by atoms with E-state index in [2.05, 4.69) is 4.99 Å². The molecule has 0 heterocycles. The monoisotopic (exact) mass is 253 g/mol. The van der Waals surface area contributed by atoms with Gasteiger partial charge in [0.25, 0.3) is 0 Å². The van der Waals surface area contributed by atoms with Crippen LogP contribution in [0.15, 0.2) is 23.2 Å². The van der Waals surface area contributed by atoms with Gasteiger partial charge < -0.3 is 0 Å². The fourth-order valence-electron chi connectivity index (χ4n) is 0.886. The van der Waals surface area contributed by atoms with E-state index < -0.39 is 9.61 Å². The van der Waals surface area contributed by atoms with Gasteiger partial charge in [-0.1, -0.05) is 34.8 Å². The molecule has 0 aliphatic rings. The van der Waals surface area contributed by atoms with Gasteiger partial charge in [-0.25, -0.2) is 9.18 Å². The number of nitrogens with zero attached hydrogens (tertiary/aromatic N) is 1. The van der Waals surface area contributed by atoms with E-state index in [0.29, 0.717) is 0 Å². The lowest BCUT2D eigenvalue weighted by Gasteiger charge is -2.12. The molecule has 0 aliphatic carbocycles. The number of carbonyl (C=O) groups excluding carboxylic acids is 1. The van der Waals surface area contributed by atoms with E-state index in [-0.39, 0.29) is 11.3 Å². The van der Waals surface area contributed by atoms with E-state index in [4.69, 9.17) is 34.8 Å². The van der Waals surface area contributed by atoms with Crippen molar-refractivity contribution in [3.05, 3.63) is 29.6 Å². The predicted molar refractivity (Wildman–Crippen MR) is 53.4 cm³/mol. The zero-order valence-electron chi connectivity index (χ0n) is 6.60. The summed E-state index contributed by atoms with van der Waals surface area (Å²) in [6, 6.07) is 3.35. The van der Waals surface area contributed by atoms with Gasteiger partial charge in [0.1, 0.15) is 5.82 Å². The summed E-state index contributed by atoms with van der Waals surface area (Å²) in [4.78, 5) is 13.3. The standard InChI is InChI=1S/C8H3Cl3FNO/c9-8(10,11)6-2-1-5(12)3-7(6)13-4-14/h1-3H. The summed E-state index contributed by atoms with van der Waals surface area (Å²) in [6.07, 6.45) is 1.26. The predicted octanol–water partition coefficient (Wildman–Crippen LogP) is 3.62. The largest absolute Gasteiger partial charge is 0.240 e. The van der Waals surface area contributed by atoms with Gasteiger partial charge in [0.2, 0.25) is 9.87 Å². The number of halogens is 4. The Morgan fingerprint density at radius 2 is 2.00 bits per heavy atom. The highest BCUT2D eigenvalue weighted by Gasteiger charge is 2.26. The summed E-state index contributed by atoms with van der Waals surface area (Å²) in [5.41, 5.74) is 0.0900. The highest BCUT2D eigenvalue weighted by Crippen LogP contribution is 2.42. The van der Waals surface area contributed by atoms with Crippen LogP contribution in [-0.2, 0) is 8.59 Å². The molecule has 0 bridgehead atoms. The molecule has 0 aliphatic heterocycles. The quantitative estimate of drug-likeness (QED) is 0.427. The molecule has 0 amide bonds. The van der Waals surface area contributed by atoms with Crippen molar-refractivity contribution in [3.63, 3.8) is 0 Å². The van der Waals surface area contributed by atoms with Gasteiger partial charge in [0.15, 0.2) is 0 Å². The van der Waals surface area contributed by atoms with Gasteiger partial charge in [0, 0.05) is 11.6 Å². The Bertz CT molecular complexity index is 396. The maximum Gasteiger partial charge on any atom is 0.240 e. The van der Waals surface area contributed by atoms with Crippen LogP contribution in [0.1, 0.15) is 5.56 Å². The third-order valence-electron chi connectivity index (χ3n) is 1.43.